The largest absolute Gasteiger partial charge is 0.493 e. The smallest absolute Gasteiger partial charge is 0.289 e. The van der Waals surface area contributed by atoms with Gasteiger partial charge < -0.3 is 9.47 Å². The van der Waals surface area contributed by atoms with Gasteiger partial charge in [0.15, 0.2) is 11.5 Å². The second kappa shape index (κ2) is 9.07. The number of rotatable bonds is 6. The Hall–Kier alpha value is -4.65. The van der Waals surface area contributed by atoms with Crippen molar-refractivity contribution in [2.24, 2.45) is 5.10 Å². The summed E-state index contributed by atoms with van der Waals surface area (Å²) in [5.41, 5.74) is 5.24. The van der Waals surface area contributed by atoms with Crippen LogP contribution in [0.15, 0.2) is 84.0 Å². The standard InChI is InChI=1S/C27H22N4O3/c1-33-25-12-11-19(14-26(25)34-2)23-15-24(30-29-23)27(32)31-28-16-22-20-9-5-3-7-17(20)13-18-8-4-6-10-21(18)22/h3-16H,1-2H3,(H,29,30)(H,31,32). The van der Waals surface area contributed by atoms with Crippen molar-refractivity contribution >= 4 is 33.7 Å². The highest BCUT2D eigenvalue weighted by molar-refractivity contribution is 6.13. The van der Waals surface area contributed by atoms with Crippen LogP contribution in [0.2, 0.25) is 0 Å². The zero-order valence-corrected chi connectivity index (χ0v) is 18.7. The Balaban J connectivity index is 1.39. The SMILES string of the molecule is COc1ccc(-c2cc(C(=O)NN=Cc3c4ccccc4cc4ccccc34)[nH]n2)cc1OC. The fourth-order valence-corrected chi connectivity index (χ4v) is 3.99. The van der Waals surface area contributed by atoms with Gasteiger partial charge in [-0.3, -0.25) is 9.89 Å². The van der Waals surface area contributed by atoms with Crippen LogP contribution in [0, 0.1) is 0 Å². The quantitative estimate of drug-likeness (QED) is 0.212. The van der Waals surface area contributed by atoms with Gasteiger partial charge in [-0.05, 0) is 51.9 Å². The number of aromatic amines is 1. The molecule has 0 saturated carbocycles. The first-order chi connectivity index (χ1) is 16.7. The van der Waals surface area contributed by atoms with Crippen molar-refractivity contribution in [3.63, 3.8) is 0 Å². The van der Waals surface area contributed by atoms with Gasteiger partial charge in [0.1, 0.15) is 5.69 Å². The van der Waals surface area contributed by atoms with E-state index in [9.17, 15) is 4.79 Å². The number of nitrogens with one attached hydrogen (secondary N) is 2. The summed E-state index contributed by atoms with van der Waals surface area (Å²) in [4.78, 5) is 12.7. The van der Waals surface area contributed by atoms with Gasteiger partial charge in [-0.15, -0.1) is 0 Å². The fourth-order valence-electron chi connectivity index (χ4n) is 3.99. The molecule has 34 heavy (non-hydrogen) atoms. The monoisotopic (exact) mass is 450 g/mol. The molecule has 0 radical (unpaired) electrons. The Morgan fingerprint density at radius 1 is 0.882 bits per heavy atom. The molecule has 7 heteroatoms. The van der Waals surface area contributed by atoms with Crippen LogP contribution in [0.4, 0.5) is 0 Å². The predicted molar refractivity (Wildman–Crippen MR) is 134 cm³/mol. The minimum absolute atomic E-state index is 0.296. The fraction of sp³-hybridized carbons (Fsp3) is 0.0741. The summed E-state index contributed by atoms with van der Waals surface area (Å²) in [6.07, 6.45) is 1.69. The highest BCUT2D eigenvalue weighted by Gasteiger charge is 2.13. The van der Waals surface area contributed by atoms with Crippen molar-refractivity contribution in [1.29, 1.82) is 0 Å². The first-order valence-electron chi connectivity index (χ1n) is 10.7. The van der Waals surface area contributed by atoms with Gasteiger partial charge in [0.2, 0.25) is 0 Å². The predicted octanol–water partition coefficient (Wildman–Crippen LogP) is 5.16. The minimum Gasteiger partial charge on any atom is -0.493 e. The molecule has 0 aliphatic carbocycles. The van der Waals surface area contributed by atoms with E-state index in [0.717, 1.165) is 32.7 Å². The highest BCUT2D eigenvalue weighted by atomic mass is 16.5. The Morgan fingerprint density at radius 3 is 2.24 bits per heavy atom. The van der Waals surface area contributed by atoms with Crippen LogP contribution in [-0.2, 0) is 0 Å². The van der Waals surface area contributed by atoms with Gasteiger partial charge in [-0.25, -0.2) is 5.43 Å². The molecule has 0 atom stereocenters. The molecule has 5 rings (SSSR count). The van der Waals surface area contributed by atoms with E-state index in [1.807, 2.05) is 30.3 Å². The summed E-state index contributed by atoms with van der Waals surface area (Å²) in [5.74, 6) is 0.816. The van der Waals surface area contributed by atoms with E-state index >= 15 is 0 Å². The zero-order chi connectivity index (χ0) is 23.5. The Kier molecular flexibility index (Phi) is 5.66. The number of ether oxygens (including phenoxy) is 2. The number of hydrazone groups is 1. The van der Waals surface area contributed by atoms with Crippen LogP contribution < -0.4 is 14.9 Å². The molecule has 0 bridgehead atoms. The maximum Gasteiger partial charge on any atom is 0.289 e. The van der Waals surface area contributed by atoms with E-state index in [0.29, 0.717) is 22.9 Å². The minimum atomic E-state index is -0.389. The number of hydrogen-bond acceptors (Lipinski definition) is 5. The van der Waals surface area contributed by atoms with Crippen molar-refractivity contribution in [2.75, 3.05) is 14.2 Å². The second-order valence-corrected chi connectivity index (χ2v) is 7.67. The topological polar surface area (TPSA) is 88.6 Å². The maximum atomic E-state index is 12.7. The van der Waals surface area contributed by atoms with E-state index in [1.165, 1.54) is 0 Å². The van der Waals surface area contributed by atoms with E-state index in [2.05, 4.69) is 51.1 Å². The number of fused-ring (bicyclic) bond motifs is 2. The summed E-state index contributed by atoms with van der Waals surface area (Å²) in [6, 6.07) is 25.5. The molecule has 168 valence electrons. The van der Waals surface area contributed by atoms with Gasteiger partial charge >= 0.3 is 0 Å². The summed E-state index contributed by atoms with van der Waals surface area (Å²) >= 11 is 0. The van der Waals surface area contributed by atoms with Crippen molar-refractivity contribution in [3.8, 4) is 22.8 Å². The van der Waals surface area contributed by atoms with Crippen molar-refractivity contribution < 1.29 is 14.3 Å². The third kappa shape index (κ3) is 3.95. The lowest BCUT2D eigenvalue weighted by Gasteiger charge is -2.08. The molecule has 0 aliphatic heterocycles. The normalized spacial score (nSPS) is 11.2. The van der Waals surface area contributed by atoms with Gasteiger partial charge in [0, 0.05) is 11.1 Å². The molecule has 0 fully saturated rings. The molecule has 1 amide bonds. The maximum absolute atomic E-state index is 12.7. The first kappa shape index (κ1) is 21.2. The number of hydrogen-bond donors (Lipinski definition) is 2. The number of amides is 1. The average molecular weight is 450 g/mol. The molecule has 0 unspecified atom stereocenters. The molecule has 0 spiro atoms. The number of nitrogens with zero attached hydrogens (tertiary/aromatic N) is 2. The summed E-state index contributed by atoms with van der Waals surface area (Å²) in [6.45, 7) is 0. The van der Waals surface area contributed by atoms with Crippen LogP contribution in [-0.4, -0.2) is 36.5 Å². The number of H-pyrrole nitrogens is 1. The number of methoxy groups -OCH3 is 2. The molecule has 2 N–H and O–H groups in total. The van der Waals surface area contributed by atoms with Crippen molar-refractivity contribution in [1.82, 2.24) is 15.6 Å². The van der Waals surface area contributed by atoms with Gasteiger partial charge in [-0.1, -0.05) is 48.5 Å². The highest BCUT2D eigenvalue weighted by Crippen LogP contribution is 2.32. The third-order valence-electron chi connectivity index (χ3n) is 5.67. The van der Waals surface area contributed by atoms with E-state index in [4.69, 9.17) is 9.47 Å². The zero-order valence-electron chi connectivity index (χ0n) is 18.7. The third-order valence-corrected chi connectivity index (χ3v) is 5.67. The molecule has 0 aliphatic rings. The summed E-state index contributed by atoms with van der Waals surface area (Å²) in [7, 11) is 3.15. The molecule has 1 heterocycles. The number of benzene rings is 4. The van der Waals surface area contributed by atoms with Crippen LogP contribution in [0.5, 0.6) is 11.5 Å². The molecular weight excluding hydrogens is 428 g/mol. The Bertz CT molecular complexity index is 1480. The van der Waals surface area contributed by atoms with Crippen molar-refractivity contribution in [2.45, 2.75) is 0 Å². The number of aromatic nitrogens is 2. The van der Waals surface area contributed by atoms with Gasteiger partial charge in [0.25, 0.3) is 5.91 Å². The van der Waals surface area contributed by atoms with E-state index in [1.54, 1.807) is 38.6 Å². The summed E-state index contributed by atoms with van der Waals surface area (Å²) < 4.78 is 10.6. The Labute approximate surface area is 196 Å². The lowest BCUT2D eigenvalue weighted by Crippen LogP contribution is -2.18. The Morgan fingerprint density at radius 2 is 1.56 bits per heavy atom. The van der Waals surface area contributed by atoms with Crippen LogP contribution in [0.25, 0.3) is 32.8 Å². The average Bonchev–Trinajstić information content (AvgIpc) is 3.38. The molecular formula is C27H22N4O3. The molecule has 1 aromatic heterocycles. The lowest BCUT2D eigenvalue weighted by atomic mass is 9.97. The van der Waals surface area contributed by atoms with Crippen LogP contribution >= 0.6 is 0 Å². The summed E-state index contributed by atoms with van der Waals surface area (Å²) in [5, 5.41) is 15.6. The molecule has 5 aromatic rings. The second-order valence-electron chi connectivity index (χ2n) is 7.67. The first-order valence-corrected chi connectivity index (χ1v) is 10.7. The van der Waals surface area contributed by atoms with E-state index in [-0.39, 0.29) is 5.91 Å². The molecule has 0 saturated heterocycles. The van der Waals surface area contributed by atoms with Crippen LogP contribution in [0.3, 0.4) is 0 Å². The van der Waals surface area contributed by atoms with Gasteiger partial charge in [-0.2, -0.15) is 10.2 Å². The van der Waals surface area contributed by atoms with Gasteiger partial charge in [0.05, 0.1) is 26.1 Å². The lowest BCUT2D eigenvalue weighted by molar-refractivity contribution is 0.0950. The number of carbonyl (C=O) groups is 1. The van der Waals surface area contributed by atoms with Crippen molar-refractivity contribution in [3.05, 3.63) is 90.1 Å². The molecule has 7 nitrogen and oxygen atoms in total. The van der Waals surface area contributed by atoms with Crippen LogP contribution in [0.1, 0.15) is 16.1 Å². The molecule has 4 aromatic carbocycles. The van der Waals surface area contributed by atoms with E-state index < -0.39 is 0 Å². The number of carbonyl (C=O) groups excluding carboxylic acids is 1.